The summed E-state index contributed by atoms with van der Waals surface area (Å²) in [5.41, 5.74) is 1.30. The van der Waals surface area contributed by atoms with Crippen LogP contribution in [0.3, 0.4) is 0 Å². The predicted molar refractivity (Wildman–Crippen MR) is 73.7 cm³/mol. The first-order valence-corrected chi connectivity index (χ1v) is 6.20. The van der Waals surface area contributed by atoms with Gasteiger partial charge in [-0.1, -0.05) is 0 Å². The largest absolute Gasteiger partial charge is 0.506 e. The lowest BCUT2D eigenvalue weighted by molar-refractivity contribution is 0.481. The maximum atomic E-state index is 11.5. The number of rotatable bonds is 1. The normalized spacial score (nSPS) is 11.2. The molecule has 0 spiro atoms. The SMILES string of the molecule is CN(C)c1ccnc2sc3c(O)cc(=O)[nH]c3c12. The summed E-state index contributed by atoms with van der Waals surface area (Å²) in [5, 5.41) is 10.7. The van der Waals surface area contributed by atoms with Gasteiger partial charge in [0.1, 0.15) is 10.6 Å². The zero-order valence-corrected chi connectivity index (χ0v) is 10.7. The second kappa shape index (κ2) is 3.71. The van der Waals surface area contributed by atoms with E-state index in [4.69, 9.17) is 0 Å². The lowest BCUT2D eigenvalue weighted by Crippen LogP contribution is -2.09. The van der Waals surface area contributed by atoms with Crippen molar-refractivity contribution >= 4 is 37.5 Å². The van der Waals surface area contributed by atoms with Gasteiger partial charge < -0.3 is 15.0 Å². The summed E-state index contributed by atoms with van der Waals surface area (Å²) in [6.45, 7) is 0. The molecule has 0 saturated heterocycles. The van der Waals surface area contributed by atoms with Gasteiger partial charge in [-0.2, -0.15) is 0 Å². The average molecular weight is 261 g/mol. The molecular weight excluding hydrogens is 250 g/mol. The fourth-order valence-electron chi connectivity index (χ4n) is 2.03. The number of fused-ring (bicyclic) bond motifs is 3. The average Bonchev–Trinajstić information content (AvgIpc) is 2.68. The first-order valence-electron chi connectivity index (χ1n) is 5.39. The second-order valence-electron chi connectivity index (χ2n) is 4.23. The summed E-state index contributed by atoms with van der Waals surface area (Å²) < 4.78 is 0.659. The second-order valence-corrected chi connectivity index (χ2v) is 5.23. The number of aromatic amines is 1. The summed E-state index contributed by atoms with van der Waals surface area (Å²) in [6, 6.07) is 3.07. The van der Waals surface area contributed by atoms with Gasteiger partial charge in [0, 0.05) is 26.4 Å². The molecule has 0 aliphatic carbocycles. The number of aromatic nitrogens is 2. The van der Waals surface area contributed by atoms with Crippen molar-refractivity contribution in [3.05, 3.63) is 28.7 Å². The number of thiophene rings is 1. The summed E-state index contributed by atoms with van der Waals surface area (Å²) >= 11 is 1.37. The standard InChI is InChI=1S/C12H11N3O2S/c1-15(2)6-3-4-13-12-9(6)10-11(18-12)7(16)5-8(17)14-10/h3-5H,1-2H3,(H2,14,16,17). The Morgan fingerprint density at radius 3 is 2.94 bits per heavy atom. The zero-order chi connectivity index (χ0) is 12.9. The molecule has 18 heavy (non-hydrogen) atoms. The molecule has 3 aromatic heterocycles. The van der Waals surface area contributed by atoms with Gasteiger partial charge in [-0.15, -0.1) is 11.3 Å². The molecule has 92 valence electrons. The predicted octanol–water partition coefficient (Wildman–Crippen LogP) is 1.91. The van der Waals surface area contributed by atoms with Crippen molar-refractivity contribution in [3.63, 3.8) is 0 Å². The highest BCUT2D eigenvalue weighted by Gasteiger charge is 2.15. The number of anilines is 1. The minimum absolute atomic E-state index is 0.00135. The molecule has 6 heteroatoms. The molecule has 0 aliphatic heterocycles. The van der Waals surface area contributed by atoms with E-state index in [1.165, 1.54) is 17.4 Å². The third-order valence-corrected chi connectivity index (χ3v) is 3.92. The van der Waals surface area contributed by atoms with Crippen LogP contribution in [0.2, 0.25) is 0 Å². The maximum absolute atomic E-state index is 11.5. The summed E-state index contributed by atoms with van der Waals surface area (Å²) in [7, 11) is 3.86. The van der Waals surface area contributed by atoms with Gasteiger partial charge in [-0.3, -0.25) is 4.79 Å². The Kier molecular flexibility index (Phi) is 2.27. The van der Waals surface area contributed by atoms with Crippen LogP contribution in [-0.2, 0) is 0 Å². The van der Waals surface area contributed by atoms with Crippen LogP contribution in [0, 0.1) is 0 Å². The Bertz CT molecular complexity index is 804. The molecular formula is C12H11N3O2S. The van der Waals surface area contributed by atoms with Crippen molar-refractivity contribution in [1.29, 1.82) is 0 Å². The fraction of sp³-hybridized carbons (Fsp3) is 0.167. The van der Waals surface area contributed by atoms with Crippen molar-refractivity contribution in [3.8, 4) is 5.75 Å². The third kappa shape index (κ3) is 1.46. The molecule has 0 fully saturated rings. The zero-order valence-electron chi connectivity index (χ0n) is 9.89. The number of nitrogens with zero attached hydrogens (tertiary/aromatic N) is 2. The molecule has 0 atom stereocenters. The van der Waals surface area contributed by atoms with Crippen molar-refractivity contribution in [2.45, 2.75) is 0 Å². The number of hydrogen-bond donors (Lipinski definition) is 2. The molecule has 0 radical (unpaired) electrons. The van der Waals surface area contributed by atoms with E-state index in [0.717, 1.165) is 15.9 Å². The van der Waals surface area contributed by atoms with E-state index in [9.17, 15) is 9.90 Å². The Labute approximate surface area is 106 Å². The molecule has 0 saturated carbocycles. The van der Waals surface area contributed by atoms with E-state index in [1.54, 1.807) is 6.20 Å². The smallest absolute Gasteiger partial charge is 0.252 e. The molecule has 0 aromatic carbocycles. The number of hydrogen-bond acceptors (Lipinski definition) is 5. The highest BCUT2D eigenvalue weighted by Crippen LogP contribution is 2.39. The minimum Gasteiger partial charge on any atom is -0.506 e. The summed E-state index contributed by atoms with van der Waals surface area (Å²) in [5.74, 6) is 0.00135. The molecule has 0 amide bonds. The van der Waals surface area contributed by atoms with E-state index in [-0.39, 0.29) is 11.3 Å². The Hall–Kier alpha value is -2.08. The van der Waals surface area contributed by atoms with Crippen molar-refractivity contribution in [1.82, 2.24) is 9.97 Å². The van der Waals surface area contributed by atoms with Crippen LogP contribution in [0.1, 0.15) is 0 Å². The summed E-state index contributed by atoms with van der Waals surface area (Å²) in [6.07, 6.45) is 1.72. The van der Waals surface area contributed by atoms with Gasteiger partial charge in [0.25, 0.3) is 5.56 Å². The van der Waals surface area contributed by atoms with E-state index in [0.29, 0.717) is 10.2 Å². The first-order chi connectivity index (χ1) is 8.58. The molecule has 3 heterocycles. The van der Waals surface area contributed by atoms with Gasteiger partial charge in [0.15, 0.2) is 0 Å². The molecule has 0 bridgehead atoms. The number of pyridine rings is 2. The summed E-state index contributed by atoms with van der Waals surface area (Å²) in [4.78, 5) is 21.3. The fourth-order valence-corrected chi connectivity index (χ4v) is 3.06. The maximum Gasteiger partial charge on any atom is 0.252 e. The lowest BCUT2D eigenvalue weighted by Gasteiger charge is -2.13. The van der Waals surface area contributed by atoms with Gasteiger partial charge in [-0.05, 0) is 6.07 Å². The number of nitrogens with one attached hydrogen (secondary N) is 1. The topological polar surface area (TPSA) is 69.2 Å². The third-order valence-electron chi connectivity index (χ3n) is 2.80. The molecule has 3 aromatic rings. The Morgan fingerprint density at radius 1 is 1.44 bits per heavy atom. The van der Waals surface area contributed by atoms with Gasteiger partial charge in [-0.25, -0.2) is 4.98 Å². The highest BCUT2D eigenvalue weighted by atomic mass is 32.1. The van der Waals surface area contributed by atoms with E-state index in [2.05, 4.69) is 9.97 Å². The molecule has 5 nitrogen and oxygen atoms in total. The van der Waals surface area contributed by atoms with Crippen LogP contribution in [0.5, 0.6) is 5.75 Å². The van der Waals surface area contributed by atoms with Gasteiger partial charge >= 0.3 is 0 Å². The van der Waals surface area contributed by atoms with Gasteiger partial charge in [0.2, 0.25) is 0 Å². The van der Waals surface area contributed by atoms with Crippen LogP contribution in [0.4, 0.5) is 5.69 Å². The molecule has 0 aliphatic rings. The quantitative estimate of drug-likeness (QED) is 0.702. The van der Waals surface area contributed by atoms with E-state index >= 15 is 0 Å². The van der Waals surface area contributed by atoms with Crippen molar-refractivity contribution in [2.24, 2.45) is 0 Å². The molecule has 0 unspecified atom stereocenters. The monoisotopic (exact) mass is 261 g/mol. The highest BCUT2D eigenvalue weighted by molar-refractivity contribution is 7.25. The van der Waals surface area contributed by atoms with E-state index < -0.39 is 0 Å². The molecule has 3 rings (SSSR count). The van der Waals surface area contributed by atoms with Crippen molar-refractivity contribution < 1.29 is 5.11 Å². The van der Waals surface area contributed by atoms with Crippen LogP contribution in [-0.4, -0.2) is 29.2 Å². The van der Waals surface area contributed by atoms with Crippen LogP contribution >= 0.6 is 11.3 Å². The minimum atomic E-state index is -0.312. The van der Waals surface area contributed by atoms with Crippen LogP contribution in [0.25, 0.3) is 20.4 Å². The Balaban J connectivity index is 2.59. The van der Waals surface area contributed by atoms with Crippen LogP contribution in [0.15, 0.2) is 23.1 Å². The number of aromatic hydroxyl groups is 1. The van der Waals surface area contributed by atoms with Crippen LogP contribution < -0.4 is 10.5 Å². The Morgan fingerprint density at radius 2 is 2.22 bits per heavy atom. The molecule has 2 N–H and O–H groups in total. The van der Waals surface area contributed by atoms with Gasteiger partial charge in [0.05, 0.1) is 21.3 Å². The lowest BCUT2D eigenvalue weighted by atomic mass is 10.2. The van der Waals surface area contributed by atoms with E-state index in [1.807, 2.05) is 25.1 Å². The number of H-pyrrole nitrogens is 1. The van der Waals surface area contributed by atoms with Crippen molar-refractivity contribution in [2.75, 3.05) is 19.0 Å². The first kappa shape index (κ1) is 11.0.